The molecule has 2 rings (SSSR count). The molecule has 0 radical (unpaired) electrons. The minimum absolute atomic E-state index is 0.284. The monoisotopic (exact) mass is 290 g/mol. The van der Waals surface area contributed by atoms with Crippen LogP contribution in [0.1, 0.15) is 37.7 Å². The van der Waals surface area contributed by atoms with Gasteiger partial charge in [-0.15, -0.1) is 0 Å². The molecular weight excluding hydrogens is 268 g/mol. The van der Waals surface area contributed by atoms with Gasteiger partial charge in [0.2, 0.25) is 5.91 Å². The van der Waals surface area contributed by atoms with Crippen molar-refractivity contribution in [2.24, 2.45) is 5.73 Å². The normalized spacial score (nSPS) is 17.2. The smallest absolute Gasteiger partial charge is 0.323 e. The van der Waals surface area contributed by atoms with Crippen molar-refractivity contribution < 1.29 is 14.7 Å². The maximum absolute atomic E-state index is 12.8. The molecule has 0 aliphatic heterocycles. The van der Waals surface area contributed by atoms with E-state index in [1.807, 2.05) is 19.1 Å². The molecule has 1 fully saturated rings. The number of benzene rings is 1. The highest BCUT2D eigenvalue weighted by Gasteiger charge is 2.39. The summed E-state index contributed by atoms with van der Waals surface area (Å²) in [6.45, 7) is 1.58. The van der Waals surface area contributed by atoms with E-state index in [4.69, 9.17) is 10.8 Å². The Balaban J connectivity index is 2.28. The number of nitrogens with zero attached hydrogens (tertiary/aromatic N) is 1. The number of carboxylic acids is 1. The fourth-order valence-electron chi connectivity index (χ4n) is 2.81. The summed E-state index contributed by atoms with van der Waals surface area (Å²) in [7, 11) is 0. The van der Waals surface area contributed by atoms with Gasteiger partial charge in [-0.25, -0.2) is 0 Å². The molecule has 114 valence electrons. The zero-order valence-electron chi connectivity index (χ0n) is 12.3. The van der Waals surface area contributed by atoms with E-state index < -0.39 is 11.5 Å². The van der Waals surface area contributed by atoms with Gasteiger partial charge in [0.15, 0.2) is 0 Å². The van der Waals surface area contributed by atoms with Gasteiger partial charge in [0.25, 0.3) is 0 Å². The van der Waals surface area contributed by atoms with Crippen LogP contribution in [0.15, 0.2) is 24.3 Å². The van der Waals surface area contributed by atoms with Crippen LogP contribution in [0.25, 0.3) is 0 Å². The summed E-state index contributed by atoms with van der Waals surface area (Å²) >= 11 is 0. The molecular formula is C16H22N2O3. The third-order valence-corrected chi connectivity index (χ3v) is 4.06. The van der Waals surface area contributed by atoms with Crippen LogP contribution in [0, 0.1) is 6.92 Å². The zero-order chi connectivity index (χ0) is 15.5. The fourth-order valence-corrected chi connectivity index (χ4v) is 2.81. The molecule has 1 saturated carbocycles. The van der Waals surface area contributed by atoms with Crippen LogP contribution in [0.2, 0.25) is 0 Å². The number of hydrogen-bond acceptors (Lipinski definition) is 3. The minimum atomic E-state index is -1.04. The summed E-state index contributed by atoms with van der Waals surface area (Å²) in [4.78, 5) is 25.2. The van der Waals surface area contributed by atoms with Crippen molar-refractivity contribution >= 4 is 17.6 Å². The number of rotatable bonds is 4. The lowest BCUT2D eigenvalue weighted by molar-refractivity contribution is -0.137. The fraction of sp³-hybridized carbons (Fsp3) is 0.500. The van der Waals surface area contributed by atoms with Gasteiger partial charge in [-0.1, -0.05) is 37.0 Å². The lowest BCUT2D eigenvalue weighted by atomic mass is 9.81. The molecule has 0 saturated heterocycles. The molecule has 1 aliphatic carbocycles. The molecule has 5 heteroatoms. The second-order valence-corrected chi connectivity index (χ2v) is 5.84. The molecule has 21 heavy (non-hydrogen) atoms. The van der Waals surface area contributed by atoms with Gasteiger partial charge in [0.1, 0.15) is 6.54 Å². The van der Waals surface area contributed by atoms with Crippen molar-refractivity contribution in [3.63, 3.8) is 0 Å². The summed E-state index contributed by atoms with van der Waals surface area (Å²) in [5, 5.41) is 9.10. The van der Waals surface area contributed by atoms with Gasteiger partial charge in [-0.3, -0.25) is 14.5 Å². The van der Waals surface area contributed by atoms with Gasteiger partial charge in [-0.2, -0.15) is 0 Å². The summed E-state index contributed by atoms with van der Waals surface area (Å²) in [6, 6.07) is 7.26. The first-order chi connectivity index (χ1) is 9.92. The van der Waals surface area contributed by atoms with Gasteiger partial charge >= 0.3 is 5.97 Å². The quantitative estimate of drug-likeness (QED) is 0.889. The van der Waals surface area contributed by atoms with Gasteiger partial charge in [-0.05, 0) is 31.9 Å². The number of aliphatic carboxylic acids is 1. The van der Waals surface area contributed by atoms with Gasteiger partial charge in [0, 0.05) is 5.69 Å². The molecule has 0 heterocycles. The maximum Gasteiger partial charge on any atom is 0.323 e. The standard InChI is InChI=1S/C16H22N2O3/c1-12-5-7-13(8-6-12)18(11-14(19)20)15(21)16(17)9-3-2-4-10-16/h5-8H,2-4,9-11,17H2,1H3,(H,19,20). The largest absolute Gasteiger partial charge is 0.480 e. The predicted octanol–water partition coefficient (Wildman–Crippen LogP) is 2.07. The van der Waals surface area contributed by atoms with Crippen LogP contribution in [0.5, 0.6) is 0 Å². The number of carbonyl (C=O) groups is 2. The summed E-state index contributed by atoms with van der Waals surface area (Å²) in [5.74, 6) is -1.32. The molecule has 1 amide bonds. The second-order valence-electron chi connectivity index (χ2n) is 5.84. The lowest BCUT2D eigenvalue weighted by Crippen LogP contribution is -2.57. The second kappa shape index (κ2) is 6.26. The van der Waals surface area contributed by atoms with Gasteiger partial charge in [0.05, 0.1) is 5.54 Å². The molecule has 0 atom stereocenters. The van der Waals surface area contributed by atoms with Crippen LogP contribution in [0.4, 0.5) is 5.69 Å². The third kappa shape index (κ3) is 3.61. The average molecular weight is 290 g/mol. The molecule has 0 spiro atoms. The Labute approximate surface area is 124 Å². The Morgan fingerprint density at radius 3 is 2.29 bits per heavy atom. The third-order valence-electron chi connectivity index (χ3n) is 4.06. The number of hydrogen-bond donors (Lipinski definition) is 2. The number of carboxylic acid groups (broad SMARTS) is 1. The van der Waals surface area contributed by atoms with Crippen LogP contribution in [-0.4, -0.2) is 29.1 Å². The van der Waals surface area contributed by atoms with Crippen LogP contribution in [0.3, 0.4) is 0 Å². The van der Waals surface area contributed by atoms with E-state index in [0.29, 0.717) is 18.5 Å². The molecule has 0 bridgehead atoms. The molecule has 3 N–H and O–H groups in total. The first-order valence-electron chi connectivity index (χ1n) is 7.32. The predicted molar refractivity (Wildman–Crippen MR) is 81.2 cm³/mol. The lowest BCUT2D eigenvalue weighted by Gasteiger charge is -2.36. The first kappa shape index (κ1) is 15.5. The first-order valence-corrected chi connectivity index (χ1v) is 7.32. The van der Waals surface area contributed by atoms with Crippen molar-refractivity contribution in [3.8, 4) is 0 Å². The minimum Gasteiger partial charge on any atom is -0.480 e. The Kier molecular flexibility index (Phi) is 4.63. The van der Waals surface area contributed by atoms with E-state index in [2.05, 4.69) is 0 Å². The van der Waals surface area contributed by atoms with Gasteiger partial charge < -0.3 is 10.8 Å². The summed E-state index contributed by atoms with van der Waals surface area (Å²) in [6.07, 6.45) is 4.14. The maximum atomic E-state index is 12.8. The number of carbonyl (C=O) groups excluding carboxylic acids is 1. The van der Waals surface area contributed by atoms with E-state index in [0.717, 1.165) is 24.8 Å². The number of anilines is 1. The van der Waals surface area contributed by atoms with E-state index in [9.17, 15) is 9.59 Å². The highest BCUT2D eigenvalue weighted by atomic mass is 16.4. The van der Waals surface area contributed by atoms with Crippen molar-refractivity contribution in [2.45, 2.75) is 44.6 Å². The number of aryl methyl sites for hydroxylation is 1. The molecule has 5 nitrogen and oxygen atoms in total. The summed E-state index contributed by atoms with van der Waals surface area (Å²) in [5.41, 5.74) is 6.97. The number of amides is 1. The Morgan fingerprint density at radius 2 is 1.76 bits per heavy atom. The zero-order valence-corrected chi connectivity index (χ0v) is 12.3. The van der Waals surface area contributed by atoms with Crippen molar-refractivity contribution in [1.82, 2.24) is 0 Å². The molecule has 1 aliphatic rings. The van der Waals surface area contributed by atoms with E-state index >= 15 is 0 Å². The molecule has 1 aromatic carbocycles. The Morgan fingerprint density at radius 1 is 1.19 bits per heavy atom. The SMILES string of the molecule is Cc1ccc(N(CC(=O)O)C(=O)C2(N)CCCCC2)cc1. The topological polar surface area (TPSA) is 83.6 Å². The molecule has 0 unspecified atom stereocenters. The van der Waals surface area contributed by atoms with Crippen LogP contribution in [-0.2, 0) is 9.59 Å². The Hall–Kier alpha value is -1.88. The highest BCUT2D eigenvalue weighted by Crippen LogP contribution is 2.29. The highest BCUT2D eigenvalue weighted by molar-refractivity contribution is 6.03. The Bertz CT molecular complexity index is 519. The van der Waals surface area contributed by atoms with Crippen molar-refractivity contribution in [2.75, 3.05) is 11.4 Å². The van der Waals surface area contributed by atoms with E-state index in [1.54, 1.807) is 12.1 Å². The molecule has 1 aromatic rings. The van der Waals surface area contributed by atoms with E-state index in [-0.39, 0.29) is 12.5 Å². The van der Waals surface area contributed by atoms with Crippen molar-refractivity contribution in [1.29, 1.82) is 0 Å². The molecule has 0 aromatic heterocycles. The number of nitrogens with two attached hydrogens (primary N) is 1. The van der Waals surface area contributed by atoms with Crippen LogP contribution >= 0.6 is 0 Å². The van der Waals surface area contributed by atoms with Crippen LogP contribution < -0.4 is 10.6 Å². The van der Waals surface area contributed by atoms with Crippen molar-refractivity contribution in [3.05, 3.63) is 29.8 Å². The summed E-state index contributed by atoms with van der Waals surface area (Å²) < 4.78 is 0. The van der Waals surface area contributed by atoms with E-state index in [1.165, 1.54) is 4.90 Å². The average Bonchev–Trinajstić information content (AvgIpc) is 2.46.